The first-order valence-corrected chi connectivity index (χ1v) is 10.4. The second kappa shape index (κ2) is 7.63. The van der Waals surface area contributed by atoms with Gasteiger partial charge in [-0.1, -0.05) is 30.3 Å². The van der Waals surface area contributed by atoms with Gasteiger partial charge < -0.3 is 10.1 Å². The first-order chi connectivity index (χ1) is 13.3. The van der Waals surface area contributed by atoms with E-state index in [1.165, 1.54) is 57.7 Å². The van der Waals surface area contributed by atoms with Gasteiger partial charge in [-0.3, -0.25) is 9.80 Å². The molecule has 0 spiro atoms. The Labute approximate surface area is 162 Å². The van der Waals surface area contributed by atoms with E-state index in [2.05, 4.69) is 39.4 Å². The van der Waals surface area contributed by atoms with Crippen LogP contribution in [0.1, 0.15) is 24.3 Å². The van der Waals surface area contributed by atoms with Gasteiger partial charge >= 0.3 is 0 Å². The SMILES string of the molecule is c1ccc(Oc2ccc([C@H]3CCCN(C4CN(C5CNC5)C4)C3)cc2)cc1. The van der Waals surface area contributed by atoms with Crippen LogP contribution in [0, 0.1) is 0 Å². The Bertz CT molecular complexity index is 738. The molecule has 1 atom stereocenters. The van der Waals surface area contributed by atoms with Crippen molar-refractivity contribution < 1.29 is 4.74 Å². The highest BCUT2D eigenvalue weighted by Gasteiger charge is 2.39. The molecule has 3 saturated heterocycles. The molecule has 4 nitrogen and oxygen atoms in total. The van der Waals surface area contributed by atoms with Crippen LogP contribution in [0.15, 0.2) is 54.6 Å². The zero-order valence-corrected chi connectivity index (χ0v) is 15.9. The van der Waals surface area contributed by atoms with Crippen molar-refractivity contribution in [3.8, 4) is 11.5 Å². The van der Waals surface area contributed by atoms with Gasteiger partial charge in [0.25, 0.3) is 0 Å². The van der Waals surface area contributed by atoms with E-state index in [0.717, 1.165) is 23.6 Å². The first-order valence-electron chi connectivity index (χ1n) is 10.4. The number of para-hydroxylation sites is 1. The highest BCUT2D eigenvalue weighted by atomic mass is 16.5. The van der Waals surface area contributed by atoms with Gasteiger partial charge in [0.2, 0.25) is 0 Å². The van der Waals surface area contributed by atoms with E-state index in [1.807, 2.05) is 30.3 Å². The second-order valence-electron chi connectivity index (χ2n) is 8.24. The van der Waals surface area contributed by atoms with Crippen molar-refractivity contribution in [3.63, 3.8) is 0 Å². The molecule has 0 aliphatic carbocycles. The quantitative estimate of drug-likeness (QED) is 0.882. The van der Waals surface area contributed by atoms with Crippen LogP contribution in [-0.4, -0.2) is 61.2 Å². The summed E-state index contributed by atoms with van der Waals surface area (Å²) in [5, 5.41) is 3.39. The van der Waals surface area contributed by atoms with Crippen molar-refractivity contribution in [3.05, 3.63) is 60.2 Å². The highest BCUT2D eigenvalue weighted by molar-refractivity contribution is 5.34. The van der Waals surface area contributed by atoms with Crippen molar-refractivity contribution >= 4 is 0 Å². The molecule has 3 aliphatic heterocycles. The van der Waals surface area contributed by atoms with Crippen molar-refractivity contribution in [2.45, 2.75) is 30.8 Å². The Morgan fingerprint density at radius 3 is 2.22 bits per heavy atom. The molecule has 0 radical (unpaired) electrons. The van der Waals surface area contributed by atoms with Gasteiger partial charge in [0, 0.05) is 44.8 Å². The monoisotopic (exact) mass is 363 g/mol. The molecular formula is C23H29N3O. The Kier molecular flexibility index (Phi) is 4.87. The van der Waals surface area contributed by atoms with Gasteiger partial charge in [-0.15, -0.1) is 0 Å². The van der Waals surface area contributed by atoms with Crippen LogP contribution in [-0.2, 0) is 0 Å². The van der Waals surface area contributed by atoms with Crippen LogP contribution in [0.2, 0.25) is 0 Å². The number of piperidine rings is 1. The normalized spacial score (nSPS) is 25.0. The molecule has 5 rings (SSSR count). The standard InChI is InChI=1S/C23H29N3O/c1-2-6-22(7-3-1)27-23-10-8-18(9-11-23)19-5-4-12-25(15-19)21-16-26(17-21)20-13-24-14-20/h1-3,6-11,19-21,24H,4-5,12-17H2/t19-/m0/s1. The number of likely N-dealkylation sites (tertiary alicyclic amines) is 2. The number of hydrogen-bond acceptors (Lipinski definition) is 4. The molecule has 27 heavy (non-hydrogen) atoms. The average molecular weight is 364 g/mol. The fourth-order valence-electron chi connectivity index (χ4n) is 4.59. The van der Waals surface area contributed by atoms with Crippen LogP contribution in [0.5, 0.6) is 11.5 Å². The van der Waals surface area contributed by atoms with Crippen LogP contribution in [0.25, 0.3) is 0 Å². The molecule has 2 aromatic rings. The van der Waals surface area contributed by atoms with E-state index in [4.69, 9.17) is 4.74 Å². The summed E-state index contributed by atoms with van der Waals surface area (Å²) in [5.41, 5.74) is 1.46. The number of rotatable bonds is 5. The summed E-state index contributed by atoms with van der Waals surface area (Å²) in [6.07, 6.45) is 2.62. The van der Waals surface area contributed by atoms with Crippen LogP contribution >= 0.6 is 0 Å². The van der Waals surface area contributed by atoms with Crippen molar-refractivity contribution in [2.75, 3.05) is 39.3 Å². The average Bonchev–Trinajstić information content (AvgIpc) is 2.64. The van der Waals surface area contributed by atoms with Gasteiger partial charge in [-0.25, -0.2) is 0 Å². The smallest absolute Gasteiger partial charge is 0.127 e. The van der Waals surface area contributed by atoms with Gasteiger partial charge in [0.15, 0.2) is 0 Å². The minimum Gasteiger partial charge on any atom is -0.457 e. The highest BCUT2D eigenvalue weighted by Crippen LogP contribution is 2.32. The second-order valence-corrected chi connectivity index (χ2v) is 8.24. The summed E-state index contributed by atoms with van der Waals surface area (Å²) in [7, 11) is 0. The molecular weight excluding hydrogens is 334 g/mol. The number of nitrogens with zero attached hydrogens (tertiary/aromatic N) is 2. The van der Waals surface area contributed by atoms with Crippen LogP contribution in [0.4, 0.5) is 0 Å². The minimum atomic E-state index is 0.656. The summed E-state index contributed by atoms with van der Waals surface area (Å²) in [6, 6.07) is 20.4. The molecule has 0 aromatic heterocycles. The van der Waals surface area contributed by atoms with Gasteiger partial charge in [-0.05, 0) is 55.1 Å². The first kappa shape index (κ1) is 17.2. The van der Waals surface area contributed by atoms with E-state index in [-0.39, 0.29) is 0 Å². The predicted octanol–water partition coefficient (Wildman–Crippen LogP) is 3.31. The summed E-state index contributed by atoms with van der Waals surface area (Å²) in [4.78, 5) is 5.39. The Balaban J connectivity index is 1.17. The van der Waals surface area contributed by atoms with Crippen LogP contribution in [0.3, 0.4) is 0 Å². The van der Waals surface area contributed by atoms with Crippen LogP contribution < -0.4 is 10.1 Å². The molecule has 4 heteroatoms. The molecule has 1 N–H and O–H groups in total. The predicted molar refractivity (Wildman–Crippen MR) is 109 cm³/mol. The lowest BCUT2D eigenvalue weighted by Gasteiger charge is -2.53. The molecule has 3 aliphatic rings. The third kappa shape index (κ3) is 3.75. The van der Waals surface area contributed by atoms with E-state index in [9.17, 15) is 0 Å². The number of ether oxygens (including phenoxy) is 1. The van der Waals surface area contributed by atoms with Gasteiger partial charge in [-0.2, -0.15) is 0 Å². The number of benzene rings is 2. The zero-order valence-electron chi connectivity index (χ0n) is 15.9. The molecule has 0 saturated carbocycles. The van der Waals surface area contributed by atoms with E-state index in [0.29, 0.717) is 5.92 Å². The summed E-state index contributed by atoms with van der Waals surface area (Å²) >= 11 is 0. The third-order valence-corrected chi connectivity index (χ3v) is 6.47. The molecule has 3 fully saturated rings. The summed E-state index contributed by atoms with van der Waals surface area (Å²) < 4.78 is 5.94. The molecule has 0 amide bonds. The molecule has 2 aromatic carbocycles. The maximum atomic E-state index is 5.94. The lowest BCUT2D eigenvalue weighted by molar-refractivity contribution is -0.0198. The minimum absolute atomic E-state index is 0.656. The van der Waals surface area contributed by atoms with E-state index < -0.39 is 0 Å². The summed E-state index contributed by atoms with van der Waals surface area (Å²) in [6.45, 7) is 7.39. The lowest BCUT2D eigenvalue weighted by atomic mass is 9.88. The molecule has 0 bridgehead atoms. The molecule has 3 heterocycles. The van der Waals surface area contributed by atoms with Gasteiger partial charge in [0.05, 0.1) is 0 Å². The topological polar surface area (TPSA) is 27.7 Å². The largest absolute Gasteiger partial charge is 0.457 e. The van der Waals surface area contributed by atoms with Crippen molar-refractivity contribution in [1.82, 2.24) is 15.1 Å². The molecule has 142 valence electrons. The maximum Gasteiger partial charge on any atom is 0.127 e. The van der Waals surface area contributed by atoms with E-state index in [1.54, 1.807) is 0 Å². The Hall–Kier alpha value is -1.88. The van der Waals surface area contributed by atoms with Crippen molar-refractivity contribution in [1.29, 1.82) is 0 Å². The fraction of sp³-hybridized carbons (Fsp3) is 0.478. The molecule has 0 unspecified atom stereocenters. The summed E-state index contributed by atoms with van der Waals surface area (Å²) in [5.74, 6) is 2.47. The third-order valence-electron chi connectivity index (χ3n) is 6.47. The Morgan fingerprint density at radius 1 is 0.778 bits per heavy atom. The zero-order chi connectivity index (χ0) is 18.1. The van der Waals surface area contributed by atoms with Crippen molar-refractivity contribution in [2.24, 2.45) is 0 Å². The van der Waals surface area contributed by atoms with E-state index >= 15 is 0 Å². The fourth-order valence-corrected chi connectivity index (χ4v) is 4.59. The maximum absolute atomic E-state index is 5.94. The Morgan fingerprint density at radius 2 is 1.52 bits per heavy atom. The number of nitrogens with one attached hydrogen (secondary N) is 1. The van der Waals surface area contributed by atoms with Gasteiger partial charge in [0.1, 0.15) is 11.5 Å². The number of hydrogen-bond donors (Lipinski definition) is 1. The lowest BCUT2D eigenvalue weighted by Crippen LogP contribution is -2.69.